The van der Waals surface area contributed by atoms with Gasteiger partial charge in [-0.1, -0.05) is 26.5 Å². The van der Waals surface area contributed by atoms with Crippen LogP contribution in [-0.2, 0) is 26.2 Å². The molecule has 2 aromatic rings. The largest absolute Gasteiger partial charge is 4.00 e. The molecule has 2 aromatic carbocycles. The smallest absolute Gasteiger partial charge is 1.00 e. The maximum atomic E-state index is 2.99. The van der Waals surface area contributed by atoms with Gasteiger partial charge in [0.15, 0.2) is 0 Å². The molecule has 0 aromatic heterocycles. The van der Waals surface area contributed by atoms with E-state index in [0.717, 1.165) is 6.42 Å². The SMILES string of the molecule is CC.C[Si].[C-]1=CC=CC1.[Cl-].[Cl-].[Zr+4].c1ccc2[cH-]ccc2c1. The van der Waals surface area contributed by atoms with E-state index in [1.54, 1.807) is 6.55 Å². The Morgan fingerprint density at radius 3 is 2.10 bits per heavy atom. The Balaban J connectivity index is -0.000000106. The molecule has 0 unspecified atom stereocenters. The Kier molecular flexibility index (Phi) is 30.8. The van der Waals surface area contributed by atoms with Crippen molar-refractivity contribution in [1.82, 2.24) is 0 Å². The molecule has 0 saturated heterocycles. The van der Waals surface area contributed by atoms with Gasteiger partial charge in [0, 0.05) is 10.2 Å². The van der Waals surface area contributed by atoms with Gasteiger partial charge < -0.3 is 24.8 Å². The fourth-order valence-corrected chi connectivity index (χ4v) is 1.41. The van der Waals surface area contributed by atoms with Crippen molar-refractivity contribution >= 4 is 21.0 Å². The molecule has 0 N–H and O–H groups in total. The van der Waals surface area contributed by atoms with Crippen LogP contribution < -0.4 is 24.8 Å². The number of allylic oxidation sites excluding steroid dienone is 4. The summed E-state index contributed by atoms with van der Waals surface area (Å²) < 4.78 is 0. The van der Waals surface area contributed by atoms with E-state index >= 15 is 0 Å². The van der Waals surface area contributed by atoms with Gasteiger partial charge in [0.2, 0.25) is 0 Å². The standard InChI is InChI=1S/C9H7.C5H5.C2H6.CH3Si.2ClH.Zr/c1-2-5-9-7-3-6-8(9)4-1;1-2-4-5-3-1;2*1-2;;;/h1-7H;1-3H,4H2;1-2H3;1H3;2*1H;/q2*-1;;;;;+4/p-2. The number of benzene rings is 1. The first-order chi connectivity index (χ1) is 8.97. The fourth-order valence-electron chi connectivity index (χ4n) is 1.41. The van der Waals surface area contributed by atoms with Crippen molar-refractivity contribution in [3.8, 4) is 0 Å². The minimum Gasteiger partial charge on any atom is -1.00 e. The molecule has 0 nitrogen and oxygen atoms in total. The summed E-state index contributed by atoms with van der Waals surface area (Å²) in [6.45, 7) is 5.81. The van der Waals surface area contributed by atoms with Gasteiger partial charge in [-0.3, -0.25) is 6.08 Å². The monoisotopic (exact) mass is 413 g/mol. The molecule has 0 heterocycles. The minimum atomic E-state index is 0. The predicted octanol–water partition coefficient (Wildman–Crippen LogP) is -0.901. The van der Waals surface area contributed by atoms with E-state index < -0.39 is 0 Å². The average molecular weight is 416 g/mol. The summed E-state index contributed by atoms with van der Waals surface area (Å²) in [7, 11) is 2.97. The van der Waals surface area contributed by atoms with E-state index in [1.165, 1.54) is 10.8 Å². The van der Waals surface area contributed by atoms with E-state index in [9.17, 15) is 0 Å². The Labute approximate surface area is 164 Å². The van der Waals surface area contributed by atoms with Gasteiger partial charge in [0.25, 0.3) is 0 Å². The molecule has 0 aliphatic heterocycles. The van der Waals surface area contributed by atoms with Crippen molar-refractivity contribution in [3.05, 3.63) is 66.8 Å². The van der Waals surface area contributed by atoms with Gasteiger partial charge in [-0.05, 0) is 0 Å². The summed E-state index contributed by atoms with van der Waals surface area (Å²) in [5.74, 6) is 0. The van der Waals surface area contributed by atoms with Crippen LogP contribution in [0.1, 0.15) is 20.3 Å². The molecule has 21 heavy (non-hydrogen) atoms. The average Bonchev–Trinajstić information content (AvgIpc) is 3.17. The molecule has 3 rings (SSSR count). The molecule has 0 saturated carbocycles. The van der Waals surface area contributed by atoms with Crippen molar-refractivity contribution in [1.29, 1.82) is 0 Å². The van der Waals surface area contributed by atoms with Gasteiger partial charge in [-0.25, -0.2) is 12.2 Å². The maximum absolute atomic E-state index is 2.99. The van der Waals surface area contributed by atoms with Crippen molar-refractivity contribution in [2.24, 2.45) is 0 Å². The Morgan fingerprint density at radius 1 is 1.05 bits per heavy atom. The number of hydrogen-bond donors (Lipinski definition) is 0. The van der Waals surface area contributed by atoms with Gasteiger partial charge in [-0.15, -0.1) is 36.1 Å². The van der Waals surface area contributed by atoms with Crippen LogP contribution >= 0.6 is 0 Å². The van der Waals surface area contributed by atoms with Gasteiger partial charge >= 0.3 is 26.2 Å². The van der Waals surface area contributed by atoms with Crippen LogP contribution in [-0.4, -0.2) is 10.2 Å². The molecule has 0 atom stereocenters. The van der Waals surface area contributed by atoms with Crippen molar-refractivity contribution in [3.63, 3.8) is 0 Å². The third-order valence-electron chi connectivity index (χ3n) is 2.13. The normalized spacial score (nSPS) is 9.14. The van der Waals surface area contributed by atoms with Crippen LogP contribution in [0.2, 0.25) is 6.55 Å². The van der Waals surface area contributed by atoms with Gasteiger partial charge in [0.05, 0.1) is 0 Å². The summed E-state index contributed by atoms with van der Waals surface area (Å²) in [6.07, 6.45) is 10.0. The quantitative estimate of drug-likeness (QED) is 0.387. The minimum absolute atomic E-state index is 0. The van der Waals surface area contributed by atoms with Crippen LogP contribution in [0.25, 0.3) is 10.8 Å². The first-order valence-electron chi connectivity index (χ1n) is 6.29. The van der Waals surface area contributed by atoms with Crippen molar-refractivity contribution in [2.45, 2.75) is 26.8 Å². The summed E-state index contributed by atoms with van der Waals surface area (Å²) >= 11 is 0. The molecule has 1 aliphatic carbocycles. The summed E-state index contributed by atoms with van der Waals surface area (Å²) in [5, 5.41) is 2.66. The summed E-state index contributed by atoms with van der Waals surface area (Å²) in [5.41, 5.74) is 0. The molecule has 1 aliphatic rings. The molecular formula is C17H21Cl2SiZr. The van der Waals surface area contributed by atoms with Gasteiger partial charge in [0.1, 0.15) is 0 Å². The second-order valence-corrected chi connectivity index (χ2v) is 3.16. The number of hydrogen-bond acceptors (Lipinski definition) is 0. The first-order valence-corrected chi connectivity index (χ1v) is 7.29. The third-order valence-corrected chi connectivity index (χ3v) is 2.13. The zero-order valence-electron chi connectivity index (χ0n) is 12.7. The molecule has 0 fully saturated rings. The number of fused-ring (bicyclic) bond motifs is 1. The van der Waals surface area contributed by atoms with Crippen molar-refractivity contribution in [2.75, 3.05) is 0 Å². The second kappa shape index (κ2) is 22.3. The second-order valence-electron chi connectivity index (χ2n) is 3.16. The third kappa shape index (κ3) is 13.4. The molecule has 0 spiro atoms. The topological polar surface area (TPSA) is 0 Å². The van der Waals surface area contributed by atoms with Crippen LogP contribution in [0, 0.1) is 6.08 Å². The maximum Gasteiger partial charge on any atom is 4.00 e. The Bertz CT molecular complexity index is 424. The van der Waals surface area contributed by atoms with E-state index in [0.29, 0.717) is 0 Å². The molecule has 3 radical (unpaired) electrons. The Hall–Kier alpha value is -0.0100. The fraction of sp³-hybridized carbons (Fsp3) is 0.235. The Morgan fingerprint density at radius 2 is 1.67 bits per heavy atom. The van der Waals surface area contributed by atoms with Crippen LogP contribution in [0.4, 0.5) is 0 Å². The van der Waals surface area contributed by atoms with Gasteiger partial charge in [-0.2, -0.15) is 23.6 Å². The predicted molar refractivity (Wildman–Crippen MR) is 84.1 cm³/mol. The van der Waals surface area contributed by atoms with E-state index in [2.05, 4.69) is 64.9 Å². The molecule has 0 amide bonds. The molecule has 0 bridgehead atoms. The molecular weight excluding hydrogens is 394 g/mol. The van der Waals surface area contributed by atoms with Crippen molar-refractivity contribution < 1.29 is 51.0 Å². The van der Waals surface area contributed by atoms with Crippen LogP contribution in [0.5, 0.6) is 0 Å². The number of rotatable bonds is 0. The van der Waals surface area contributed by atoms with Crippen LogP contribution in [0.3, 0.4) is 0 Å². The van der Waals surface area contributed by atoms with Crippen LogP contribution in [0.15, 0.2) is 60.7 Å². The summed E-state index contributed by atoms with van der Waals surface area (Å²) in [4.78, 5) is 0. The summed E-state index contributed by atoms with van der Waals surface area (Å²) in [6, 6.07) is 14.7. The zero-order chi connectivity index (χ0) is 13.6. The van der Waals surface area contributed by atoms with E-state index in [1.807, 2.05) is 26.0 Å². The number of halogens is 2. The first kappa shape index (κ1) is 29.1. The van der Waals surface area contributed by atoms with E-state index in [4.69, 9.17) is 0 Å². The molecule has 4 heteroatoms. The zero-order valence-corrected chi connectivity index (χ0v) is 17.7. The molecule has 111 valence electrons. The van der Waals surface area contributed by atoms with E-state index in [-0.39, 0.29) is 51.0 Å².